The molecule has 0 bridgehead atoms. The van der Waals surface area contributed by atoms with E-state index in [1.54, 1.807) is 0 Å². The van der Waals surface area contributed by atoms with Crippen molar-refractivity contribution in [2.75, 3.05) is 26.9 Å². The predicted molar refractivity (Wildman–Crippen MR) is 104 cm³/mol. The van der Waals surface area contributed by atoms with Crippen LogP contribution in [0.3, 0.4) is 0 Å². The van der Waals surface area contributed by atoms with Crippen LogP contribution in [0, 0.1) is 0 Å². The van der Waals surface area contributed by atoms with Gasteiger partial charge in [-0.05, 0) is 55.9 Å². The van der Waals surface area contributed by atoms with Gasteiger partial charge in [-0.15, -0.1) is 0 Å². The van der Waals surface area contributed by atoms with Crippen LogP contribution in [0.5, 0.6) is 0 Å². The monoisotopic (exact) mass is 374 g/mol. The van der Waals surface area contributed by atoms with Gasteiger partial charge >= 0.3 is 0 Å². The molecule has 140 valence electrons. The Morgan fingerprint density at radius 3 is 2.08 bits per heavy atom. The van der Waals surface area contributed by atoms with Gasteiger partial charge in [-0.25, -0.2) is 8.42 Å². The number of nitrogens with zero attached hydrogens (tertiary/aromatic N) is 1. The number of sulfone groups is 1. The molecule has 0 saturated carbocycles. The molecule has 0 spiro atoms. The molecule has 0 saturated heterocycles. The molecule has 6 heteroatoms. The van der Waals surface area contributed by atoms with Crippen LogP contribution in [0.4, 0.5) is 0 Å². The van der Waals surface area contributed by atoms with E-state index in [0.717, 1.165) is 18.2 Å². The van der Waals surface area contributed by atoms with E-state index in [0.29, 0.717) is 12.1 Å². The second-order valence-electron chi connectivity index (χ2n) is 6.58. The summed E-state index contributed by atoms with van der Waals surface area (Å²) in [5, 5.41) is 2.94. The first kappa shape index (κ1) is 20.1. The number of amides is 1. The fourth-order valence-corrected chi connectivity index (χ4v) is 3.35. The maximum atomic E-state index is 12.4. The summed E-state index contributed by atoms with van der Waals surface area (Å²) in [6, 6.07) is 14.4. The van der Waals surface area contributed by atoms with Gasteiger partial charge in [0.2, 0.25) is 0 Å². The number of rotatable bonds is 7. The molecule has 0 aliphatic rings. The molecule has 0 aliphatic heterocycles. The van der Waals surface area contributed by atoms with Gasteiger partial charge in [0.1, 0.15) is 0 Å². The van der Waals surface area contributed by atoms with E-state index in [2.05, 4.69) is 41.4 Å². The van der Waals surface area contributed by atoms with Crippen molar-refractivity contribution >= 4 is 15.7 Å². The first-order valence-corrected chi connectivity index (χ1v) is 10.4. The first-order valence-electron chi connectivity index (χ1n) is 8.56. The molecular weight excluding hydrogens is 348 g/mol. The number of carbonyl (C=O) groups is 1. The zero-order valence-electron chi connectivity index (χ0n) is 15.7. The van der Waals surface area contributed by atoms with Crippen molar-refractivity contribution in [2.24, 2.45) is 0 Å². The molecule has 0 aromatic heterocycles. The van der Waals surface area contributed by atoms with Crippen molar-refractivity contribution < 1.29 is 13.2 Å². The molecule has 0 radical (unpaired) electrons. The minimum absolute atomic E-state index is 0.0557. The van der Waals surface area contributed by atoms with Crippen LogP contribution in [0.15, 0.2) is 53.4 Å². The summed E-state index contributed by atoms with van der Waals surface area (Å²) in [4.78, 5) is 14.7. The van der Waals surface area contributed by atoms with Gasteiger partial charge < -0.3 is 10.2 Å². The number of aryl methyl sites for hydroxylation is 1. The van der Waals surface area contributed by atoms with Gasteiger partial charge in [-0.2, -0.15) is 0 Å². The predicted octanol–water partition coefficient (Wildman–Crippen LogP) is 2.69. The lowest BCUT2D eigenvalue weighted by atomic mass is 10.0. The third-order valence-corrected chi connectivity index (χ3v) is 5.53. The maximum Gasteiger partial charge on any atom is 0.251 e. The van der Waals surface area contributed by atoms with Crippen LogP contribution in [-0.4, -0.2) is 46.1 Å². The highest BCUT2D eigenvalue weighted by atomic mass is 32.2. The van der Waals surface area contributed by atoms with Crippen LogP contribution in [0.1, 0.15) is 34.5 Å². The highest BCUT2D eigenvalue weighted by molar-refractivity contribution is 7.90. The second kappa shape index (κ2) is 8.47. The van der Waals surface area contributed by atoms with Gasteiger partial charge in [0.15, 0.2) is 9.84 Å². The Balaban J connectivity index is 2.07. The molecule has 2 aromatic rings. The van der Waals surface area contributed by atoms with Gasteiger partial charge in [0.05, 0.1) is 10.9 Å². The Morgan fingerprint density at radius 2 is 1.62 bits per heavy atom. The summed E-state index contributed by atoms with van der Waals surface area (Å²) in [6.07, 6.45) is 2.14. The van der Waals surface area contributed by atoms with Crippen LogP contribution in [0.2, 0.25) is 0 Å². The van der Waals surface area contributed by atoms with E-state index in [4.69, 9.17) is 0 Å². The van der Waals surface area contributed by atoms with Gasteiger partial charge in [-0.1, -0.05) is 31.2 Å². The molecule has 1 N–H and O–H groups in total. The minimum Gasteiger partial charge on any atom is -0.350 e. The van der Waals surface area contributed by atoms with Crippen molar-refractivity contribution in [3.63, 3.8) is 0 Å². The standard InChI is InChI=1S/C20H26N2O3S/c1-5-15-6-8-16(9-7-15)19(22(2)3)14-21-20(23)17-10-12-18(13-11-17)26(4,24)25/h6-13,19H,5,14H2,1-4H3,(H,21,23). The SMILES string of the molecule is CCc1ccc(C(CNC(=O)c2ccc(S(C)(=O)=O)cc2)N(C)C)cc1. The average molecular weight is 375 g/mol. The van der Waals surface area contributed by atoms with Crippen molar-refractivity contribution in [2.45, 2.75) is 24.3 Å². The van der Waals surface area contributed by atoms with Gasteiger partial charge in [0, 0.05) is 18.4 Å². The smallest absolute Gasteiger partial charge is 0.251 e. The van der Waals surface area contributed by atoms with E-state index in [9.17, 15) is 13.2 Å². The summed E-state index contributed by atoms with van der Waals surface area (Å²) in [5.41, 5.74) is 2.86. The quantitative estimate of drug-likeness (QED) is 0.809. The van der Waals surface area contributed by atoms with E-state index in [1.807, 2.05) is 14.1 Å². The van der Waals surface area contributed by atoms with Crippen molar-refractivity contribution in [1.82, 2.24) is 10.2 Å². The molecule has 0 heterocycles. The molecular formula is C20H26N2O3S. The summed E-state index contributed by atoms with van der Waals surface area (Å²) in [7, 11) is 0.693. The Labute approximate surface area is 156 Å². The normalized spacial score (nSPS) is 12.8. The Kier molecular flexibility index (Phi) is 6.56. The summed E-state index contributed by atoms with van der Waals surface area (Å²) in [5.74, 6) is -0.220. The molecule has 2 aromatic carbocycles. The molecule has 1 amide bonds. The third-order valence-electron chi connectivity index (χ3n) is 4.40. The average Bonchev–Trinajstić information content (AvgIpc) is 2.61. The van der Waals surface area contributed by atoms with Crippen LogP contribution in [-0.2, 0) is 16.3 Å². The molecule has 1 unspecified atom stereocenters. The number of hydrogen-bond acceptors (Lipinski definition) is 4. The molecule has 26 heavy (non-hydrogen) atoms. The molecule has 0 aliphatic carbocycles. The number of benzene rings is 2. The zero-order valence-corrected chi connectivity index (χ0v) is 16.5. The van der Waals surface area contributed by atoms with Crippen LogP contribution < -0.4 is 5.32 Å². The zero-order chi connectivity index (χ0) is 19.3. The lowest BCUT2D eigenvalue weighted by molar-refractivity contribution is 0.0942. The van der Waals surface area contributed by atoms with Crippen molar-refractivity contribution in [3.05, 3.63) is 65.2 Å². The molecule has 1 atom stereocenters. The lowest BCUT2D eigenvalue weighted by Crippen LogP contribution is -2.34. The minimum atomic E-state index is -3.26. The molecule has 5 nitrogen and oxygen atoms in total. The number of likely N-dealkylation sites (N-methyl/N-ethyl adjacent to an activating group) is 1. The fraction of sp³-hybridized carbons (Fsp3) is 0.350. The molecule has 0 fully saturated rings. The first-order chi connectivity index (χ1) is 12.2. The van der Waals surface area contributed by atoms with E-state index in [1.165, 1.54) is 29.8 Å². The number of carbonyl (C=O) groups excluding carboxylic acids is 1. The Hall–Kier alpha value is -2.18. The number of hydrogen-bond donors (Lipinski definition) is 1. The highest BCUT2D eigenvalue weighted by Crippen LogP contribution is 2.19. The van der Waals surface area contributed by atoms with Crippen LogP contribution >= 0.6 is 0 Å². The Bertz CT molecular complexity index is 842. The second-order valence-corrected chi connectivity index (χ2v) is 8.60. The van der Waals surface area contributed by atoms with Gasteiger partial charge in [0.25, 0.3) is 5.91 Å². The highest BCUT2D eigenvalue weighted by Gasteiger charge is 2.16. The largest absolute Gasteiger partial charge is 0.350 e. The fourth-order valence-electron chi connectivity index (χ4n) is 2.72. The van der Waals surface area contributed by atoms with E-state index >= 15 is 0 Å². The summed E-state index contributed by atoms with van der Waals surface area (Å²) >= 11 is 0. The topological polar surface area (TPSA) is 66.5 Å². The van der Waals surface area contributed by atoms with Crippen LogP contribution in [0.25, 0.3) is 0 Å². The number of nitrogens with one attached hydrogen (secondary N) is 1. The van der Waals surface area contributed by atoms with E-state index < -0.39 is 9.84 Å². The van der Waals surface area contributed by atoms with Crippen molar-refractivity contribution in [3.8, 4) is 0 Å². The Morgan fingerprint density at radius 1 is 1.04 bits per heavy atom. The lowest BCUT2D eigenvalue weighted by Gasteiger charge is -2.25. The van der Waals surface area contributed by atoms with Gasteiger partial charge in [-0.3, -0.25) is 4.79 Å². The summed E-state index contributed by atoms with van der Waals surface area (Å²) < 4.78 is 23.0. The third kappa shape index (κ3) is 5.16. The van der Waals surface area contributed by atoms with E-state index in [-0.39, 0.29) is 16.8 Å². The molecule has 2 rings (SSSR count). The maximum absolute atomic E-state index is 12.4. The van der Waals surface area contributed by atoms with Crippen molar-refractivity contribution in [1.29, 1.82) is 0 Å². The summed E-state index contributed by atoms with van der Waals surface area (Å²) in [6.45, 7) is 2.58.